The van der Waals surface area contributed by atoms with Crippen LogP contribution in [-0.4, -0.2) is 36.3 Å². The molecule has 19 heavy (non-hydrogen) atoms. The molecule has 1 rings (SSSR count). The Kier molecular flexibility index (Phi) is 6.28. The molecule has 0 aliphatic carbocycles. The number of hydrogen-bond acceptors (Lipinski definition) is 3. The normalized spacial score (nSPS) is 18.6. The van der Waals surface area contributed by atoms with E-state index in [1.165, 1.54) is 0 Å². The predicted octanol–water partition coefficient (Wildman–Crippen LogP) is 0.721. The molecule has 1 aliphatic rings. The molecule has 110 valence electrons. The molecule has 1 heterocycles. The van der Waals surface area contributed by atoms with E-state index >= 15 is 0 Å². The number of primary amides is 1. The van der Waals surface area contributed by atoms with Gasteiger partial charge < -0.3 is 16.4 Å². The fraction of sp³-hybridized carbons (Fsp3) is 0.857. The van der Waals surface area contributed by atoms with Crippen molar-refractivity contribution in [1.29, 1.82) is 0 Å². The third kappa shape index (κ3) is 5.19. The minimum Gasteiger partial charge on any atom is -0.369 e. The van der Waals surface area contributed by atoms with Crippen molar-refractivity contribution in [3.8, 4) is 0 Å². The number of amides is 2. The summed E-state index contributed by atoms with van der Waals surface area (Å²) in [5, 5.41) is 0. The number of piperidine rings is 1. The lowest BCUT2D eigenvalue weighted by Gasteiger charge is -2.31. The highest BCUT2D eigenvalue weighted by Gasteiger charge is 2.26. The Bertz CT molecular complexity index is 310. The van der Waals surface area contributed by atoms with E-state index < -0.39 is 0 Å². The summed E-state index contributed by atoms with van der Waals surface area (Å²) in [6.07, 6.45) is 2.90. The van der Waals surface area contributed by atoms with Crippen LogP contribution in [0.3, 0.4) is 0 Å². The molecule has 0 aromatic heterocycles. The van der Waals surface area contributed by atoms with E-state index in [9.17, 15) is 9.59 Å². The van der Waals surface area contributed by atoms with Crippen molar-refractivity contribution >= 4 is 11.8 Å². The van der Waals surface area contributed by atoms with Crippen LogP contribution in [0.4, 0.5) is 0 Å². The van der Waals surface area contributed by atoms with Gasteiger partial charge in [-0.05, 0) is 37.6 Å². The number of likely N-dealkylation sites (tertiary alicyclic amines) is 1. The topological polar surface area (TPSA) is 89.4 Å². The van der Waals surface area contributed by atoms with Crippen LogP contribution >= 0.6 is 0 Å². The summed E-state index contributed by atoms with van der Waals surface area (Å²) in [4.78, 5) is 25.1. The number of nitrogens with two attached hydrogens (primary N) is 2. The van der Waals surface area contributed by atoms with Crippen LogP contribution in [0.25, 0.3) is 0 Å². The second-order valence-corrected chi connectivity index (χ2v) is 5.99. The molecule has 0 bridgehead atoms. The van der Waals surface area contributed by atoms with Crippen LogP contribution in [0, 0.1) is 17.8 Å². The van der Waals surface area contributed by atoms with E-state index in [4.69, 9.17) is 11.5 Å². The van der Waals surface area contributed by atoms with Crippen molar-refractivity contribution < 1.29 is 9.59 Å². The van der Waals surface area contributed by atoms with E-state index in [2.05, 4.69) is 13.8 Å². The first-order valence-electron chi connectivity index (χ1n) is 7.21. The average Bonchev–Trinajstić information content (AvgIpc) is 2.37. The van der Waals surface area contributed by atoms with Crippen molar-refractivity contribution in [3.05, 3.63) is 0 Å². The first kappa shape index (κ1) is 16.0. The fourth-order valence-corrected chi connectivity index (χ4v) is 2.72. The van der Waals surface area contributed by atoms with E-state index in [-0.39, 0.29) is 23.7 Å². The van der Waals surface area contributed by atoms with Crippen LogP contribution in [0.15, 0.2) is 0 Å². The van der Waals surface area contributed by atoms with Crippen LogP contribution in [-0.2, 0) is 9.59 Å². The summed E-state index contributed by atoms with van der Waals surface area (Å²) in [5.74, 6) is 0.680. The van der Waals surface area contributed by atoms with Gasteiger partial charge >= 0.3 is 0 Å². The molecule has 0 aromatic rings. The second-order valence-electron chi connectivity index (χ2n) is 5.99. The molecular formula is C14H27N3O2. The third-order valence-electron chi connectivity index (χ3n) is 3.85. The smallest absolute Gasteiger partial charge is 0.222 e. The Hall–Kier alpha value is -1.10. The molecule has 5 heteroatoms. The first-order chi connectivity index (χ1) is 8.93. The van der Waals surface area contributed by atoms with Crippen molar-refractivity contribution in [1.82, 2.24) is 4.90 Å². The lowest BCUT2D eigenvalue weighted by Crippen LogP contribution is -2.42. The molecule has 4 N–H and O–H groups in total. The Labute approximate surface area is 115 Å². The predicted molar refractivity (Wildman–Crippen MR) is 75.1 cm³/mol. The summed E-state index contributed by atoms with van der Waals surface area (Å²) in [5.41, 5.74) is 11.0. The Balaban J connectivity index is 2.40. The molecule has 1 saturated heterocycles. The molecular weight excluding hydrogens is 242 g/mol. The van der Waals surface area contributed by atoms with E-state index in [1.54, 1.807) is 0 Å². The van der Waals surface area contributed by atoms with Crippen molar-refractivity contribution in [2.75, 3.05) is 19.6 Å². The number of nitrogens with zero attached hydrogens (tertiary/aromatic N) is 1. The van der Waals surface area contributed by atoms with Crippen LogP contribution in [0.1, 0.15) is 39.5 Å². The Morgan fingerprint density at radius 3 is 2.26 bits per heavy atom. The highest BCUT2D eigenvalue weighted by Crippen LogP contribution is 2.20. The minimum absolute atomic E-state index is 0.0648. The van der Waals surface area contributed by atoms with E-state index in [1.807, 2.05) is 4.90 Å². The van der Waals surface area contributed by atoms with Crippen molar-refractivity contribution in [2.24, 2.45) is 29.2 Å². The summed E-state index contributed by atoms with van der Waals surface area (Å²) in [6.45, 7) is 6.13. The maximum atomic E-state index is 12.2. The van der Waals surface area contributed by atoms with Crippen molar-refractivity contribution in [2.45, 2.75) is 39.5 Å². The molecule has 5 nitrogen and oxygen atoms in total. The number of rotatable bonds is 6. The summed E-state index contributed by atoms with van der Waals surface area (Å²) < 4.78 is 0. The molecule has 0 spiro atoms. The molecule has 2 amide bonds. The van der Waals surface area contributed by atoms with Gasteiger partial charge in [-0.1, -0.05) is 13.8 Å². The maximum Gasteiger partial charge on any atom is 0.222 e. The molecule has 0 aromatic carbocycles. The third-order valence-corrected chi connectivity index (χ3v) is 3.85. The Morgan fingerprint density at radius 1 is 1.26 bits per heavy atom. The van der Waals surface area contributed by atoms with Gasteiger partial charge in [-0.25, -0.2) is 0 Å². The molecule has 1 fully saturated rings. The van der Waals surface area contributed by atoms with E-state index in [0.29, 0.717) is 44.8 Å². The monoisotopic (exact) mass is 269 g/mol. The highest BCUT2D eigenvalue weighted by molar-refractivity contribution is 5.79. The SMILES string of the molecule is CC(C)CC(CN)CC(=O)N1CCC(C(N)=O)CC1. The van der Waals surface area contributed by atoms with Gasteiger partial charge in [0, 0.05) is 25.4 Å². The van der Waals surface area contributed by atoms with Gasteiger partial charge in [0.2, 0.25) is 11.8 Å². The van der Waals surface area contributed by atoms with Gasteiger partial charge in [-0.3, -0.25) is 9.59 Å². The molecule has 1 unspecified atom stereocenters. The van der Waals surface area contributed by atoms with Gasteiger partial charge in [0.05, 0.1) is 0 Å². The van der Waals surface area contributed by atoms with Gasteiger partial charge in [-0.15, -0.1) is 0 Å². The highest BCUT2D eigenvalue weighted by atomic mass is 16.2. The quantitative estimate of drug-likeness (QED) is 0.744. The van der Waals surface area contributed by atoms with Crippen LogP contribution in [0.5, 0.6) is 0 Å². The van der Waals surface area contributed by atoms with Gasteiger partial charge in [0.1, 0.15) is 0 Å². The zero-order valence-corrected chi connectivity index (χ0v) is 12.1. The number of carbonyl (C=O) groups is 2. The molecule has 1 atom stereocenters. The summed E-state index contributed by atoms with van der Waals surface area (Å²) in [7, 11) is 0. The first-order valence-corrected chi connectivity index (χ1v) is 7.21. The zero-order chi connectivity index (χ0) is 14.4. The van der Waals surface area contributed by atoms with E-state index in [0.717, 1.165) is 6.42 Å². The molecule has 1 aliphatic heterocycles. The summed E-state index contributed by atoms with van der Waals surface area (Å²) in [6, 6.07) is 0. The van der Waals surface area contributed by atoms with Gasteiger partial charge in [-0.2, -0.15) is 0 Å². The molecule has 0 saturated carbocycles. The fourth-order valence-electron chi connectivity index (χ4n) is 2.72. The van der Waals surface area contributed by atoms with Crippen LogP contribution in [0.2, 0.25) is 0 Å². The lowest BCUT2D eigenvalue weighted by atomic mass is 9.92. The van der Waals surface area contributed by atoms with Gasteiger partial charge in [0.25, 0.3) is 0 Å². The van der Waals surface area contributed by atoms with Gasteiger partial charge in [0.15, 0.2) is 0 Å². The second kappa shape index (κ2) is 7.48. The zero-order valence-electron chi connectivity index (χ0n) is 12.1. The largest absolute Gasteiger partial charge is 0.369 e. The van der Waals surface area contributed by atoms with Crippen LogP contribution < -0.4 is 11.5 Å². The molecule has 0 radical (unpaired) electrons. The lowest BCUT2D eigenvalue weighted by molar-refractivity contribution is -0.135. The minimum atomic E-state index is -0.244. The van der Waals surface area contributed by atoms with Crippen molar-refractivity contribution in [3.63, 3.8) is 0 Å². The maximum absolute atomic E-state index is 12.2. The number of carbonyl (C=O) groups excluding carboxylic acids is 2. The summed E-state index contributed by atoms with van der Waals surface area (Å²) >= 11 is 0. The average molecular weight is 269 g/mol. The number of hydrogen-bond donors (Lipinski definition) is 2. The Morgan fingerprint density at radius 2 is 1.84 bits per heavy atom. The standard InChI is InChI=1S/C14H27N3O2/c1-10(2)7-11(9-15)8-13(18)17-5-3-12(4-6-17)14(16)19/h10-12H,3-9,15H2,1-2H3,(H2,16,19).